The van der Waals surface area contributed by atoms with Crippen molar-refractivity contribution in [2.45, 2.75) is 32.3 Å². The van der Waals surface area contributed by atoms with E-state index in [1.165, 1.54) is 13.2 Å². The van der Waals surface area contributed by atoms with Crippen molar-refractivity contribution >= 4 is 6.09 Å². The van der Waals surface area contributed by atoms with Crippen LogP contribution >= 0.6 is 0 Å². The molecule has 0 heterocycles. The lowest BCUT2D eigenvalue weighted by molar-refractivity contribution is 0.0524. The monoisotopic (exact) mass is 298 g/mol. The fraction of sp³-hybridized carbons (Fsp3) is 0.533. The van der Waals surface area contributed by atoms with E-state index in [0.29, 0.717) is 11.3 Å². The van der Waals surface area contributed by atoms with E-state index in [1.54, 1.807) is 32.9 Å². The number of ether oxygens (including phenoxy) is 2. The molecule has 118 valence electrons. The molecule has 1 unspecified atom stereocenters. The van der Waals surface area contributed by atoms with Crippen LogP contribution in [-0.2, 0) is 4.74 Å². The minimum atomic E-state index is -0.585. The summed E-state index contributed by atoms with van der Waals surface area (Å²) in [5.41, 5.74) is 5.47. The molecular formula is C15H23FN2O3. The van der Waals surface area contributed by atoms with Crippen molar-refractivity contribution in [2.24, 2.45) is 5.73 Å². The van der Waals surface area contributed by atoms with E-state index in [4.69, 9.17) is 15.2 Å². The average molecular weight is 298 g/mol. The molecule has 0 saturated carbocycles. The number of hydrogen-bond donors (Lipinski definition) is 2. The third-order valence-corrected chi connectivity index (χ3v) is 2.82. The first-order chi connectivity index (χ1) is 9.78. The van der Waals surface area contributed by atoms with Crippen molar-refractivity contribution in [2.75, 3.05) is 20.2 Å². The van der Waals surface area contributed by atoms with Crippen molar-refractivity contribution in [3.05, 3.63) is 29.6 Å². The topological polar surface area (TPSA) is 73.6 Å². The van der Waals surface area contributed by atoms with E-state index in [9.17, 15) is 9.18 Å². The molecule has 1 atom stereocenters. The summed E-state index contributed by atoms with van der Waals surface area (Å²) < 4.78 is 24.3. The Hall–Kier alpha value is -1.82. The van der Waals surface area contributed by atoms with E-state index in [-0.39, 0.29) is 13.1 Å². The summed E-state index contributed by atoms with van der Waals surface area (Å²) in [7, 11) is 1.47. The fourth-order valence-electron chi connectivity index (χ4n) is 1.92. The maximum atomic E-state index is 14.0. The van der Waals surface area contributed by atoms with Gasteiger partial charge in [0, 0.05) is 24.6 Å². The summed E-state index contributed by atoms with van der Waals surface area (Å²) in [5, 5.41) is 2.60. The summed E-state index contributed by atoms with van der Waals surface area (Å²) in [6.45, 7) is 5.66. The summed E-state index contributed by atoms with van der Waals surface area (Å²) in [6.07, 6.45) is -0.559. The Kier molecular flexibility index (Phi) is 5.96. The molecule has 0 radical (unpaired) electrons. The molecule has 1 amide bonds. The Morgan fingerprint density at radius 2 is 2.10 bits per heavy atom. The van der Waals surface area contributed by atoms with Crippen LogP contribution in [0.4, 0.5) is 9.18 Å². The Morgan fingerprint density at radius 1 is 1.43 bits per heavy atom. The Bertz CT molecular complexity index is 486. The van der Waals surface area contributed by atoms with Crippen LogP contribution in [-0.4, -0.2) is 31.9 Å². The fourth-order valence-corrected chi connectivity index (χ4v) is 1.92. The first-order valence-electron chi connectivity index (χ1n) is 6.77. The van der Waals surface area contributed by atoms with Gasteiger partial charge in [0.05, 0.1) is 7.11 Å². The number of nitrogens with one attached hydrogen (secondary N) is 1. The van der Waals surface area contributed by atoms with Crippen LogP contribution in [0.15, 0.2) is 18.2 Å². The summed E-state index contributed by atoms with van der Waals surface area (Å²) >= 11 is 0. The van der Waals surface area contributed by atoms with Gasteiger partial charge < -0.3 is 20.5 Å². The molecule has 0 aliphatic carbocycles. The van der Waals surface area contributed by atoms with E-state index >= 15 is 0 Å². The highest BCUT2D eigenvalue weighted by Crippen LogP contribution is 2.28. The molecule has 0 fully saturated rings. The summed E-state index contributed by atoms with van der Waals surface area (Å²) in [5.74, 6) is -0.388. The second-order valence-electron chi connectivity index (χ2n) is 5.67. The highest BCUT2D eigenvalue weighted by molar-refractivity contribution is 5.67. The van der Waals surface area contributed by atoms with Crippen LogP contribution in [0.1, 0.15) is 32.3 Å². The van der Waals surface area contributed by atoms with E-state index in [2.05, 4.69) is 5.32 Å². The van der Waals surface area contributed by atoms with Gasteiger partial charge in [-0.3, -0.25) is 0 Å². The molecule has 0 aliphatic heterocycles. The third-order valence-electron chi connectivity index (χ3n) is 2.82. The minimum Gasteiger partial charge on any atom is -0.496 e. The van der Waals surface area contributed by atoms with Gasteiger partial charge >= 0.3 is 6.09 Å². The summed E-state index contributed by atoms with van der Waals surface area (Å²) in [6, 6.07) is 4.56. The van der Waals surface area contributed by atoms with Crippen molar-refractivity contribution in [1.29, 1.82) is 0 Å². The van der Waals surface area contributed by atoms with Gasteiger partial charge in [-0.1, -0.05) is 6.07 Å². The SMILES string of the molecule is COc1cccc(F)c1C(CN)CNC(=O)OC(C)(C)C. The van der Waals surface area contributed by atoms with Gasteiger partial charge in [0.2, 0.25) is 0 Å². The highest BCUT2D eigenvalue weighted by atomic mass is 19.1. The normalized spacial score (nSPS) is 12.7. The van der Waals surface area contributed by atoms with Crippen LogP contribution in [0.3, 0.4) is 0 Å². The maximum Gasteiger partial charge on any atom is 0.407 e. The van der Waals surface area contributed by atoms with Gasteiger partial charge in [-0.25, -0.2) is 9.18 Å². The van der Waals surface area contributed by atoms with E-state index in [0.717, 1.165) is 0 Å². The molecule has 1 aromatic carbocycles. The molecule has 0 spiro atoms. The van der Waals surface area contributed by atoms with Crippen molar-refractivity contribution in [1.82, 2.24) is 5.32 Å². The van der Waals surface area contributed by atoms with Gasteiger partial charge in [-0.15, -0.1) is 0 Å². The molecular weight excluding hydrogens is 275 g/mol. The molecule has 0 saturated heterocycles. The Balaban J connectivity index is 2.79. The first kappa shape index (κ1) is 17.2. The molecule has 1 rings (SSSR count). The molecule has 0 aliphatic rings. The lowest BCUT2D eigenvalue weighted by atomic mass is 9.97. The number of benzene rings is 1. The Labute approximate surface area is 124 Å². The number of halogens is 1. The minimum absolute atomic E-state index is 0.169. The maximum absolute atomic E-state index is 14.0. The van der Waals surface area contributed by atoms with Crippen LogP contribution in [0.5, 0.6) is 5.75 Å². The smallest absolute Gasteiger partial charge is 0.407 e. The molecule has 21 heavy (non-hydrogen) atoms. The largest absolute Gasteiger partial charge is 0.496 e. The zero-order chi connectivity index (χ0) is 16.0. The number of hydrogen-bond acceptors (Lipinski definition) is 4. The van der Waals surface area contributed by atoms with E-state index in [1.807, 2.05) is 0 Å². The van der Waals surface area contributed by atoms with Gasteiger partial charge in [0.1, 0.15) is 17.2 Å². The van der Waals surface area contributed by atoms with Crippen molar-refractivity contribution in [3.8, 4) is 5.75 Å². The van der Waals surface area contributed by atoms with Gasteiger partial charge in [-0.2, -0.15) is 0 Å². The van der Waals surface area contributed by atoms with Crippen LogP contribution in [0, 0.1) is 5.82 Å². The molecule has 6 heteroatoms. The second kappa shape index (κ2) is 7.26. The second-order valence-corrected chi connectivity index (χ2v) is 5.67. The van der Waals surface area contributed by atoms with Gasteiger partial charge in [-0.05, 0) is 32.9 Å². The number of carbonyl (C=O) groups is 1. The first-order valence-corrected chi connectivity index (χ1v) is 6.77. The van der Waals surface area contributed by atoms with Crippen molar-refractivity contribution < 1.29 is 18.7 Å². The predicted octanol–water partition coefficient (Wildman–Crippen LogP) is 2.40. The van der Waals surface area contributed by atoms with Crippen LogP contribution < -0.4 is 15.8 Å². The zero-order valence-electron chi connectivity index (χ0n) is 12.9. The number of alkyl carbamates (subject to hydrolysis) is 1. The summed E-state index contributed by atoms with van der Waals surface area (Å²) in [4.78, 5) is 11.7. The van der Waals surface area contributed by atoms with E-state index < -0.39 is 23.4 Å². The zero-order valence-corrected chi connectivity index (χ0v) is 12.9. The quantitative estimate of drug-likeness (QED) is 0.875. The standard InChI is InChI=1S/C15H23FN2O3/c1-15(2,3)21-14(19)18-9-10(8-17)13-11(16)6-5-7-12(13)20-4/h5-7,10H,8-9,17H2,1-4H3,(H,18,19). The van der Waals surface area contributed by atoms with Crippen LogP contribution in [0.25, 0.3) is 0 Å². The lowest BCUT2D eigenvalue weighted by Gasteiger charge is -2.22. The molecule has 1 aromatic rings. The number of methoxy groups -OCH3 is 1. The number of amides is 1. The van der Waals surface area contributed by atoms with Crippen LogP contribution in [0.2, 0.25) is 0 Å². The number of nitrogens with two attached hydrogens (primary N) is 1. The van der Waals surface area contributed by atoms with Gasteiger partial charge in [0.25, 0.3) is 0 Å². The third kappa shape index (κ3) is 5.23. The molecule has 0 bridgehead atoms. The molecule has 3 N–H and O–H groups in total. The number of carbonyl (C=O) groups excluding carboxylic acids is 1. The molecule has 5 nitrogen and oxygen atoms in total. The highest BCUT2D eigenvalue weighted by Gasteiger charge is 2.22. The Morgan fingerprint density at radius 3 is 2.62 bits per heavy atom. The molecule has 0 aromatic heterocycles. The van der Waals surface area contributed by atoms with Gasteiger partial charge in [0.15, 0.2) is 0 Å². The lowest BCUT2D eigenvalue weighted by Crippen LogP contribution is -2.36. The number of rotatable bonds is 5. The average Bonchev–Trinajstić information content (AvgIpc) is 2.38. The van der Waals surface area contributed by atoms with Crippen molar-refractivity contribution in [3.63, 3.8) is 0 Å². The predicted molar refractivity (Wildman–Crippen MR) is 79.0 cm³/mol.